The molecule has 2 nitrogen and oxygen atoms in total. The van der Waals surface area contributed by atoms with Gasteiger partial charge < -0.3 is 10.8 Å². The molecule has 0 saturated heterocycles. The number of hydrogen-bond donors (Lipinski definition) is 2. The standard InChI is InChI=1S/C13H23NOS/c1-8(2)5-11(7-14)13(15)12-6-9(3)10(4)16-12/h6,8,11,13,15H,5,7,14H2,1-4H3. The highest BCUT2D eigenvalue weighted by Crippen LogP contribution is 2.33. The Morgan fingerprint density at radius 1 is 1.38 bits per heavy atom. The Bertz CT molecular complexity index is 313. The first kappa shape index (κ1) is 13.7. The first-order chi connectivity index (χ1) is 7.45. The van der Waals surface area contributed by atoms with Crippen molar-refractivity contribution in [2.75, 3.05) is 6.54 Å². The molecule has 0 spiro atoms. The van der Waals surface area contributed by atoms with Crippen LogP contribution in [-0.4, -0.2) is 11.7 Å². The number of hydrogen-bond acceptors (Lipinski definition) is 3. The van der Waals surface area contributed by atoms with Crippen LogP contribution in [0.3, 0.4) is 0 Å². The van der Waals surface area contributed by atoms with E-state index in [0.717, 1.165) is 11.3 Å². The van der Waals surface area contributed by atoms with Crippen molar-refractivity contribution in [3.63, 3.8) is 0 Å². The van der Waals surface area contributed by atoms with E-state index in [9.17, 15) is 5.11 Å². The Labute approximate surface area is 102 Å². The van der Waals surface area contributed by atoms with Crippen LogP contribution in [0.15, 0.2) is 6.07 Å². The summed E-state index contributed by atoms with van der Waals surface area (Å²) in [7, 11) is 0. The molecule has 3 heteroatoms. The van der Waals surface area contributed by atoms with Crippen LogP contribution in [0.25, 0.3) is 0 Å². The summed E-state index contributed by atoms with van der Waals surface area (Å²) >= 11 is 1.69. The maximum Gasteiger partial charge on any atom is 0.0922 e. The van der Waals surface area contributed by atoms with Crippen LogP contribution >= 0.6 is 11.3 Å². The summed E-state index contributed by atoms with van der Waals surface area (Å²) in [6, 6.07) is 2.09. The third-order valence-electron chi connectivity index (χ3n) is 3.00. The van der Waals surface area contributed by atoms with Gasteiger partial charge in [-0.3, -0.25) is 0 Å². The van der Waals surface area contributed by atoms with E-state index in [1.807, 2.05) is 0 Å². The molecular weight excluding hydrogens is 218 g/mol. The van der Waals surface area contributed by atoms with E-state index in [0.29, 0.717) is 12.5 Å². The van der Waals surface area contributed by atoms with Crippen LogP contribution in [0.4, 0.5) is 0 Å². The van der Waals surface area contributed by atoms with E-state index in [1.54, 1.807) is 11.3 Å². The fourth-order valence-corrected chi connectivity index (χ4v) is 3.06. The van der Waals surface area contributed by atoms with Gasteiger partial charge in [-0.05, 0) is 44.4 Å². The predicted octanol–water partition coefficient (Wildman–Crippen LogP) is 3.02. The minimum Gasteiger partial charge on any atom is -0.387 e. The minimum atomic E-state index is -0.398. The Balaban J connectivity index is 2.78. The van der Waals surface area contributed by atoms with Gasteiger partial charge in [0.15, 0.2) is 0 Å². The lowest BCUT2D eigenvalue weighted by molar-refractivity contribution is 0.103. The minimum absolute atomic E-state index is 0.178. The Kier molecular flexibility index (Phi) is 4.96. The Morgan fingerprint density at radius 2 is 2.00 bits per heavy atom. The molecule has 2 unspecified atom stereocenters. The molecule has 0 aromatic carbocycles. The van der Waals surface area contributed by atoms with Crippen LogP contribution in [0, 0.1) is 25.7 Å². The zero-order chi connectivity index (χ0) is 12.3. The molecule has 0 aliphatic carbocycles. The van der Waals surface area contributed by atoms with Gasteiger partial charge in [0.1, 0.15) is 0 Å². The molecule has 16 heavy (non-hydrogen) atoms. The highest BCUT2D eigenvalue weighted by Gasteiger charge is 2.22. The van der Waals surface area contributed by atoms with Gasteiger partial charge in [-0.25, -0.2) is 0 Å². The number of aliphatic hydroxyl groups is 1. The molecular formula is C13H23NOS. The molecule has 92 valence electrons. The van der Waals surface area contributed by atoms with E-state index in [-0.39, 0.29) is 5.92 Å². The molecule has 0 fully saturated rings. The predicted molar refractivity (Wildman–Crippen MR) is 70.8 cm³/mol. The van der Waals surface area contributed by atoms with Crippen molar-refractivity contribution in [2.45, 2.75) is 40.2 Å². The lowest BCUT2D eigenvalue weighted by atomic mass is 9.91. The molecule has 0 aliphatic heterocycles. The van der Waals surface area contributed by atoms with Crippen molar-refractivity contribution in [1.29, 1.82) is 0 Å². The lowest BCUT2D eigenvalue weighted by Crippen LogP contribution is -2.23. The molecule has 0 saturated carbocycles. The van der Waals surface area contributed by atoms with Gasteiger partial charge in [-0.2, -0.15) is 0 Å². The van der Waals surface area contributed by atoms with Crippen molar-refractivity contribution in [1.82, 2.24) is 0 Å². The SMILES string of the molecule is Cc1cc(C(O)C(CN)CC(C)C)sc1C. The van der Waals surface area contributed by atoms with Crippen molar-refractivity contribution in [2.24, 2.45) is 17.6 Å². The first-order valence-electron chi connectivity index (χ1n) is 5.90. The van der Waals surface area contributed by atoms with Crippen molar-refractivity contribution < 1.29 is 5.11 Å². The third-order valence-corrected chi connectivity index (χ3v) is 4.22. The van der Waals surface area contributed by atoms with Crippen LogP contribution in [0.1, 0.15) is 41.7 Å². The van der Waals surface area contributed by atoms with Gasteiger partial charge in [0, 0.05) is 15.7 Å². The second kappa shape index (κ2) is 5.80. The molecule has 1 aromatic rings. The average molecular weight is 241 g/mol. The summed E-state index contributed by atoms with van der Waals surface area (Å²) in [5.74, 6) is 0.753. The van der Waals surface area contributed by atoms with Gasteiger partial charge in [-0.1, -0.05) is 13.8 Å². The van der Waals surface area contributed by atoms with E-state index < -0.39 is 6.10 Å². The van der Waals surface area contributed by atoms with Crippen LogP contribution < -0.4 is 5.73 Å². The molecule has 3 N–H and O–H groups in total. The Morgan fingerprint density at radius 3 is 2.38 bits per heavy atom. The van der Waals surface area contributed by atoms with Crippen molar-refractivity contribution in [3.05, 3.63) is 21.4 Å². The fourth-order valence-electron chi connectivity index (χ4n) is 1.94. The van der Waals surface area contributed by atoms with E-state index in [2.05, 4.69) is 33.8 Å². The number of aliphatic hydroxyl groups excluding tert-OH is 1. The summed E-state index contributed by atoms with van der Waals surface area (Å²) in [4.78, 5) is 2.35. The molecule has 1 aromatic heterocycles. The maximum absolute atomic E-state index is 10.3. The Hall–Kier alpha value is -0.380. The van der Waals surface area contributed by atoms with Gasteiger partial charge in [0.2, 0.25) is 0 Å². The summed E-state index contributed by atoms with van der Waals surface area (Å²) in [5.41, 5.74) is 7.01. The monoisotopic (exact) mass is 241 g/mol. The topological polar surface area (TPSA) is 46.2 Å². The molecule has 0 aliphatic rings. The van der Waals surface area contributed by atoms with E-state index in [4.69, 9.17) is 5.73 Å². The largest absolute Gasteiger partial charge is 0.387 e. The third kappa shape index (κ3) is 3.30. The van der Waals surface area contributed by atoms with Gasteiger partial charge in [0.05, 0.1) is 6.10 Å². The fraction of sp³-hybridized carbons (Fsp3) is 0.692. The van der Waals surface area contributed by atoms with Crippen LogP contribution in [-0.2, 0) is 0 Å². The molecule has 0 bridgehead atoms. The molecule has 1 heterocycles. The number of nitrogens with two attached hydrogens (primary N) is 1. The zero-order valence-electron chi connectivity index (χ0n) is 10.7. The van der Waals surface area contributed by atoms with Crippen molar-refractivity contribution >= 4 is 11.3 Å². The van der Waals surface area contributed by atoms with Crippen molar-refractivity contribution in [3.8, 4) is 0 Å². The summed E-state index contributed by atoms with van der Waals surface area (Å²) in [6.45, 7) is 9.06. The normalized spacial score (nSPS) is 15.4. The summed E-state index contributed by atoms with van der Waals surface area (Å²) in [5, 5.41) is 10.3. The first-order valence-corrected chi connectivity index (χ1v) is 6.72. The lowest BCUT2D eigenvalue weighted by Gasteiger charge is -2.22. The van der Waals surface area contributed by atoms with Gasteiger partial charge in [-0.15, -0.1) is 11.3 Å². The summed E-state index contributed by atoms with van der Waals surface area (Å²) < 4.78 is 0. The molecule has 2 atom stereocenters. The molecule has 1 rings (SSSR count). The van der Waals surface area contributed by atoms with Crippen LogP contribution in [0.5, 0.6) is 0 Å². The van der Waals surface area contributed by atoms with E-state index in [1.165, 1.54) is 10.4 Å². The maximum atomic E-state index is 10.3. The quantitative estimate of drug-likeness (QED) is 0.832. The second-order valence-corrected chi connectivity index (χ2v) is 6.25. The highest BCUT2D eigenvalue weighted by atomic mass is 32.1. The van der Waals surface area contributed by atoms with E-state index >= 15 is 0 Å². The summed E-state index contributed by atoms with van der Waals surface area (Å²) in [6.07, 6.45) is 0.581. The van der Waals surface area contributed by atoms with Gasteiger partial charge in [0.25, 0.3) is 0 Å². The smallest absolute Gasteiger partial charge is 0.0922 e. The zero-order valence-corrected chi connectivity index (χ0v) is 11.5. The average Bonchev–Trinajstić information content (AvgIpc) is 2.54. The number of rotatable bonds is 5. The molecule has 0 radical (unpaired) electrons. The van der Waals surface area contributed by atoms with Gasteiger partial charge >= 0.3 is 0 Å². The highest BCUT2D eigenvalue weighted by molar-refractivity contribution is 7.12. The number of thiophene rings is 1. The second-order valence-electron chi connectivity index (χ2n) is 4.96. The number of aryl methyl sites for hydroxylation is 2. The molecule has 0 amide bonds. The van der Waals surface area contributed by atoms with Crippen LogP contribution in [0.2, 0.25) is 0 Å².